The summed E-state index contributed by atoms with van der Waals surface area (Å²) < 4.78 is 5.73. The lowest BCUT2D eigenvalue weighted by atomic mass is 10.1. The molecule has 1 amide bonds. The summed E-state index contributed by atoms with van der Waals surface area (Å²) in [6.07, 6.45) is 3.08. The van der Waals surface area contributed by atoms with Gasteiger partial charge in [0.25, 0.3) is 5.69 Å². The summed E-state index contributed by atoms with van der Waals surface area (Å²) in [5, 5.41) is 16.1. The number of carbonyl (C=O) groups excluding carboxylic acids is 1. The Morgan fingerprint density at radius 2 is 2.11 bits per heavy atom. The molecule has 148 valence electrons. The molecule has 1 N–H and O–H groups in total. The van der Waals surface area contributed by atoms with Crippen molar-refractivity contribution >= 4 is 34.1 Å². The zero-order chi connectivity index (χ0) is 20.1. The molecule has 2 aromatic rings. The van der Waals surface area contributed by atoms with Crippen LogP contribution >= 0.6 is 11.3 Å². The number of carbonyl (C=O) groups is 1. The SMILES string of the molecule is CC1CN(Cc2csc(NC(=O)/C=C/c3ccccc3[N+](=O)[O-])n2)CC(C)O1. The third kappa shape index (κ3) is 5.44. The Morgan fingerprint density at radius 1 is 1.39 bits per heavy atom. The molecule has 1 saturated heterocycles. The van der Waals surface area contributed by atoms with Crippen LogP contribution in [0.15, 0.2) is 35.7 Å². The standard InChI is InChI=1S/C19H22N4O4S/c1-13-9-22(10-14(2)27-13)11-16-12-28-19(20-16)21-18(24)8-7-15-5-3-4-6-17(15)23(25)26/h3-8,12-14H,9-11H2,1-2H3,(H,20,21,24)/b8-7+. The minimum atomic E-state index is -0.474. The van der Waals surface area contributed by atoms with E-state index in [1.807, 2.05) is 5.38 Å². The van der Waals surface area contributed by atoms with Gasteiger partial charge in [-0.25, -0.2) is 4.98 Å². The van der Waals surface area contributed by atoms with Crippen LogP contribution in [0, 0.1) is 10.1 Å². The van der Waals surface area contributed by atoms with Gasteiger partial charge in [0.1, 0.15) is 0 Å². The Kier molecular flexibility index (Phi) is 6.50. The van der Waals surface area contributed by atoms with Crippen LogP contribution in [0.2, 0.25) is 0 Å². The predicted octanol–water partition coefficient (Wildman–Crippen LogP) is 3.31. The number of hydrogen-bond donors (Lipinski definition) is 1. The van der Waals surface area contributed by atoms with E-state index in [1.165, 1.54) is 29.6 Å². The van der Waals surface area contributed by atoms with Gasteiger partial charge in [0.15, 0.2) is 5.13 Å². The molecule has 0 bridgehead atoms. The molecule has 8 nitrogen and oxygen atoms in total. The highest BCUT2D eigenvalue weighted by Gasteiger charge is 2.22. The van der Waals surface area contributed by atoms with Crippen molar-refractivity contribution < 1.29 is 14.5 Å². The second-order valence-corrected chi connectivity index (χ2v) is 7.59. The van der Waals surface area contributed by atoms with E-state index in [1.54, 1.807) is 18.2 Å². The minimum absolute atomic E-state index is 0.0444. The maximum absolute atomic E-state index is 12.1. The summed E-state index contributed by atoms with van der Waals surface area (Å²) >= 11 is 1.35. The number of para-hydroxylation sites is 1. The Balaban J connectivity index is 1.58. The van der Waals surface area contributed by atoms with Crippen LogP contribution < -0.4 is 5.32 Å². The first-order chi connectivity index (χ1) is 13.4. The number of nitro benzene ring substituents is 1. The lowest BCUT2D eigenvalue weighted by Crippen LogP contribution is -2.44. The fraction of sp³-hybridized carbons (Fsp3) is 0.368. The summed E-state index contributed by atoms with van der Waals surface area (Å²) in [6, 6.07) is 6.26. The molecule has 0 radical (unpaired) electrons. The summed E-state index contributed by atoms with van der Waals surface area (Å²) in [6.45, 7) is 6.51. The van der Waals surface area contributed by atoms with E-state index in [4.69, 9.17) is 4.74 Å². The van der Waals surface area contributed by atoms with Gasteiger partial charge in [-0.15, -0.1) is 11.3 Å². The van der Waals surface area contributed by atoms with Crippen LogP contribution in [0.5, 0.6) is 0 Å². The molecule has 1 aliphatic heterocycles. The number of nitro groups is 1. The molecule has 1 aromatic carbocycles. The van der Waals surface area contributed by atoms with Gasteiger partial charge >= 0.3 is 0 Å². The smallest absolute Gasteiger partial charge is 0.276 e. The molecule has 1 aromatic heterocycles. The van der Waals surface area contributed by atoms with E-state index in [2.05, 4.69) is 29.0 Å². The number of aromatic nitrogens is 1. The lowest BCUT2D eigenvalue weighted by molar-refractivity contribution is -0.385. The molecule has 3 rings (SSSR count). The Morgan fingerprint density at radius 3 is 2.82 bits per heavy atom. The van der Waals surface area contributed by atoms with Gasteiger partial charge in [0.05, 0.1) is 28.4 Å². The zero-order valence-electron chi connectivity index (χ0n) is 15.7. The number of nitrogens with one attached hydrogen (secondary N) is 1. The fourth-order valence-corrected chi connectivity index (χ4v) is 3.89. The number of ether oxygens (including phenoxy) is 1. The monoisotopic (exact) mass is 402 g/mol. The molecular weight excluding hydrogens is 380 g/mol. The Labute approximate surface area is 167 Å². The van der Waals surface area contributed by atoms with Gasteiger partial charge < -0.3 is 4.74 Å². The second kappa shape index (κ2) is 9.05. The van der Waals surface area contributed by atoms with Crippen molar-refractivity contribution in [2.24, 2.45) is 0 Å². The molecule has 1 aliphatic rings. The van der Waals surface area contributed by atoms with Gasteiger partial charge in [-0.3, -0.25) is 25.1 Å². The number of rotatable bonds is 6. The highest BCUT2D eigenvalue weighted by atomic mass is 32.1. The third-order valence-corrected chi connectivity index (χ3v) is 5.02. The molecule has 0 saturated carbocycles. The molecular formula is C19H22N4O4S. The number of anilines is 1. The number of thiazole rings is 1. The van der Waals surface area contributed by atoms with Gasteiger partial charge in [0.2, 0.25) is 5.91 Å². The third-order valence-electron chi connectivity index (χ3n) is 4.21. The molecule has 2 heterocycles. The van der Waals surface area contributed by atoms with Crippen LogP contribution in [0.3, 0.4) is 0 Å². The quantitative estimate of drug-likeness (QED) is 0.452. The number of benzene rings is 1. The van der Waals surface area contributed by atoms with Crippen LogP contribution in [-0.2, 0) is 16.1 Å². The largest absolute Gasteiger partial charge is 0.373 e. The van der Waals surface area contributed by atoms with Crippen molar-refractivity contribution in [1.29, 1.82) is 0 Å². The van der Waals surface area contributed by atoms with Crippen molar-refractivity contribution in [2.45, 2.75) is 32.6 Å². The van der Waals surface area contributed by atoms with Crippen molar-refractivity contribution in [3.63, 3.8) is 0 Å². The number of hydrogen-bond acceptors (Lipinski definition) is 7. The second-order valence-electron chi connectivity index (χ2n) is 6.73. The average Bonchev–Trinajstić information content (AvgIpc) is 3.06. The molecule has 9 heteroatoms. The van der Waals surface area contributed by atoms with Crippen molar-refractivity contribution in [3.05, 3.63) is 57.1 Å². The fourth-order valence-electron chi connectivity index (χ4n) is 3.19. The highest BCUT2D eigenvalue weighted by Crippen LogP contribution is 2.21. The van der Waals surface area contributed by atoms with E-state index in [-0.39, 0.29) is 23.8 Å². The van der Waals surface area contributed by atoms with Crippen molar-refractivity contribution in [1.82, 2.24) is 9.88 Å². The van der Waals surface area contributed by atoms with Gasteiger partial charge in [-0.05, 0) is 26.0 Å². The van der Waals surface area contributed by atoms with Gasteiger partial charge in [-0.2, -0.15) is 0 Å². The summed E-state index contributed by atoms with van der Waals surface area (Å²) in [4.78, 5) is 29.4. The van der Waals surface area contributed by atoms with Crippen LogP contribution in [-0.4, -0.2) is 46.0 Å². The van der Waals surface area contributed by atoms with E-state index in [0.717, 1.165) is 18.8 Å². The number of amides is 1. The molecule has 28 heavy (non-hydrogen) atoms. The molecule has 2 unspecified atom stereocenters. The van der Waals surface area contributed by atoms with E-state index >= 15 is 0 Å². The van der Waals surface area contributed by atoms with Crippen LogP contribution in [0.25, 0.3) is 6.08 Å². The molecule has 2 atom stereocenters. The van der Waals surface area contributed by atoms with Crippen molar-refractivity contribution in [2.75, 3.05) is 18.4 Å². The maximum Gasteiger partial charge on any atom is 0.276 e. The highest BCUT2D eigenvalue weighted by molar-refractivity contribution is 7.13. The first kappa shape index (κ1) is 20.1. The van der Waals surface area contributed by atoms with Gasteiger partial charge in [-0.1, -0.05) is 12.1 Å². The first-order valence-electron chi connectivity index (χ1n) is 8.95. The predicted molar refractivity (Wildman–Crippen MR) is 108 cm³/mol. The number of morpholine rings is 1. The lowest BCUT2D eigenvalue weighted by Gasteiger charge is -2.34. The molecule has 0 aliphatic carbocycles. The Bertz CT molecular complexity index is 872. The number of nitrogens with zero attached hydrogens (tertiary/aromatic N) is 3. The van der Waals surface area contributed by atoms with E-state index in [9.17, 15) is 14.9 Å². The van der Waals surface area contributed by atoms with Crippen molar-refractivity contribution in [3.8, 4) is 0 Å². The topological polar surface area (TPSA) is 97.6 Å². The Hall–Kier alpha value is -2.62. The maximum atomic E-state index is 12.1. The summed E-state index contributed by atoms with van der Waals surface area (Å²) in [5.74, 6) is -0.382. The average molecular weight is 402 g/mol. The summed E-state index contributed by atoms with van der Waals surface area (Å²) in [7, 11) is 0. The zero-order valence-corrected chi connectivity index (χ0v) is 16.5. The van der Waals surface area contributed by atoms with Gasteiger partial charge in [0, 0.05) is 37.2 Å². The van der Waals surface area contributed by atoms with Crippen LogP contribution in [0.1, 0.15) is 25.1 Å². The van der Waals surface area contributed by atoms with Crippen LogP contribution in [0.4, 0.5) is 10.8 Å². The minimum Gasteiger partial charge on any atom is -0.373 e. The normalized spacial score (nSPS) is 20.4. The first-order valence-corrected chi connectivity index (χ1v) is 9.83. The summed E-state index contributed by atoms with van der Waals surface area (Å²) in [5.41, 5.74) is 1.22. The van der Waals surface area contributed by atoms with E-state index in [0.29, 0.717) is 17.2 Å². The molecule has 1 fully saturated rings. The van der Waals surface area contributed by atoms with E-state index < -0.39 is 4.92 Å². The molecule has 0 spiro atoms.